The lowest BCUT2D eigenvalue weighted by Crippen LogP contribution is -2.31. The van der Waals surface area contributed by atoms with Crippen LogP contribution in [0, 0.1) is 0 Å². The monoisotopic (exact) mass is 399 g/mol. The van der Waals surface area contributed by atoms with E-state index in [-0.39, 0.29) is 0 Å². The molecule has 0 spiro atoms. The van der Waals surface area contributed by atoms with Gasteiger partial charge in [-0.2, -0.15) is 0 Å². The number of rotatable bonds is 6. The molecule has 1 aromatic carbocycles. The maximum Gasteiger partial charge on any atom is 0.0716 e. The van der Waals surface area contributed by atoms with E-state index < -0.39 is 0 Å². The Labute approximate surface area is 173 Å². The van der Waals surface area contributed by atoms with E-state index in [1.54, 1.807) is 5.57 Å². The first-order chi connectivity index (χ1) is 13.7. The normalized spacial score (nSPS) is 15.3. The summed E-state index contributed by atoms with van der Waals surface area (Å²) >= 11 is 6.41. The fourth-order valence-corrected chi connectivity index (χ4v) is 3.59. The molecule has 28 heavy (non-hydrogen) atoms. The quantitative estimate of drug-likeness (QED) is 0.543. The van der Waals surface area contributed by atoms with Crippen molar-refractivity contribution < 1.29 is 4.74 Å². The summed E-state index contributed by atoms with van der Waals surface area (Å²) in [5.41, 5.74) is 6.13. The van der Waals surface area contributed by atoms with Crippen LogP contribution in [0.1, 0.15) is 36.6 Å². The van der Waals surface area contributed by atoms with Crippen LogP contribution in [0.5, 0.6) is 0 Å². The van der Waals surface area contributed by atoms with E-state index in [2.05, 4.69) is 51.6 Å². The molecule has 0 bridgehead atoms. The number of ether oxygens (including phenoxy) is 1. The van der Waals surface area contributed by atoms with Gasteiger partial charge in [-0.25, -0.2) is 0 Å². The molecule has 2 aromatic rings. The van der Waals surface area contributed by atoms with Gasteiger partial charge >= 0.3 is 0 Å². The van der Waals surface area contributed by atoms with Crippen LogP contribution in [0.25, 0.3) is 0 Å². The highest BCUT2D eigenvalue weighted by Crippen LogP contribution is 2.31. The van der Waals surface area contributed by atoms with Gasteiger partial charge in [0.1, 0.15) is 0 Å². The Hall–Kier alpha value is -1.88. The highest BCUT2D eigenvalue weighted by molar-refractivity contribution is 6.34. The number of fused-ring (bicyclic) bond motifs is 1. The number of pyridine rings is 1. The number of hydrogen-bond acceptors (Lipinski definition) is 4. The van der Waals surface area contributed by atoms with E-state index in [0.717, 1.165) is 55.7 Å². The number of anilines is 1. The molecule has 2 heterocycles. The zero-order valence-corrected chi connectivity index (χ0v) is 17.6. The third-order valence-electron chi connectivity index (χ3n) is 5.00. The molecule has 1 fully saturated rings. The van der Waals surface area contributed by atoms with Crippen LogP contribution in [-0.4, -0.2) is 36.7 Å². The topological polar surface area (TPSA) is 37.4 Å². The number of nitrogens with zero attached hydrogens (tertiary/aromatic N) is 2. The number of halogens is 1. The molecule has 0 saturated heterocycles. The molecule has 1 N–H and O–H groups in total. The largest absolute Gasteiger partial charge is 0.386 e. The standard InChI is InChI=1S/C16H18ClN3.C7H12O/c1-18-14-9-19-15-11-20(8-7-13(15)16(14)17)10-12-5-3-2-4-6-12;1-2-8-6-5-7-3-4-7/h2-6,9,18H,7-8,10-11H2,1H3;5H,2-4,6H2,1H3. The second kappa shape index (κ2) is 10.6. The van der Waals surface area contributed by atoms with Crippen LogP contribution in [0.3, 0.4) is 0 Å². The zero-order chi connectivity index (χ0) is 19.8. The molecule has 0 amide bonds. The van der Waals surface area contributed by atoms with Crippen molar-refractivity contribution in [3.05, 3.63) is 70.0 Å². The molecule has 5 heteroatoms. The molecule has 0 radical (unpaired) electrons. The van der Waals surface area contributed by atoms with E-state index in [0.29, 0.717) is 0 Å². The summed E-state index contributed by atoms with van der Waals surface area (Å²) in [6.07, 6.45) is 7.60. The second-order valence-corrected chi connectivity index (χ2v) is 7.51. The second-order valence-electron chi connectivity index (χ2n) is 7.13. The van der Waals surface area contributed by atoms with Gasteiger partial charge in [-0.1, -0.05) is 53.6 Å². The van der Waals surface area contributed by atoms with Crippen molar-refractivity contribution in [3.8, 4) is 0 Å². The van der Waals surface area contributed by atoms with Crippen molar-refractivity contribution in [2.75, 3.05) is 32.1 Å². The summed E-state index contributed by atoms with van der Waals surface area (Å²) in [7, 11) is 1.87. The van der Waals surface area contributed by atoms with Gasteiger partial charge in [0.05, 0.1) is 29.2 Å². The first kappa shape index (κ1) is 20.8. The molecule has 150 valence electrons. The first-order valence-corrected chi connectivity index (χ1v) is 10.4. The summed E-state index contributed by atoms with van der Waals surface area (Å²) < 4.78 is 5.11. The lowest BCUT2D eigenvalue weighted by Gasteiger charge is -2.29. The van der Waals surface area contributed by atoms with Crippen molar-refractivity contribution in [3.63, 3.8) is 0 Å². The summed E-state index contributed by atoms with van der Waals surface area (Å²) in [6.45, 7) is 6.54. The molecule has 1 aliphatic heterocycles. The molecule has 2 aliphatic rings. The Bertz CT molecular complexity index is 786. The highest BCUT2D eigenvalue weighted by Gasteiger charge is 2.21. The Balaban J connectivity index is 0.000000236. The minimum absolute atomic E-state index is 0.825. The van der Waals surface area contributed by atoms with Gasteiger partial charge in [0.15, 0.2) is 0 Å². The van der Waals surface area contributed by atoms with Gasteiger partial charge < -0.3 is 10.1 Å². The fraction of sp³-hybridized carbons (Fsp3) is 0.435. The molecular weight excluding hydrogens is 370 g/mol. The van der Waals surface area contributed by atoms with E-state index in [1.165, 1.54) is 24.0 Å². The minimum atomic E-state index is 0.825. The van der Waals surface area contributed by atoms with Crippen molar-refractivity contribution in [1.29, 1.82) is 0 Å². The van der Waals surface area contributed by atoms with Crippen LogP contribution in [0.2, 0.25) is 5.02 Å². The predicted octanol–water partition coefficient (Wildman–Crippen LogP) is 5.08. The van der Waals surface area contributed by atoms with Crippen molar-refractivity contribution >= 4 is 17.3 Å². The summed E-state index contributed by atoms with van der Waals surface area (Å²) in [5.74, 6) is 0. The van der Waals surface area contributed by atoms with Crippen LogP contribution in [0.15, 0.2) is 48.2 Å². The maximum atomic E-state index is 6.41. The molecule has 0 unspecified atom stereocenters. The SMILES string of the molecule is CCOCC=C1CC1.CNc1cnc2c(c1Cl)CCN(Cc1ccccc1)C2. The number of allylic oxidation sites excluding steroid dienone is 1. The summed E-state index contributed by atoms with van der Waals surface area (Å²) in [5, 5.41) is 3.92. The van der Waals surface area contributed by atoms with Gasteiger partial charge in [-0.3, -0.25) is 9.88 Å². The Morgan fingerprint density at radius 3 is 2.68 bits per heavy atom. The minimum Gasteiger partial charge on any atom is -0.386 e. The molecule has 0 atom stereocenters. The van der Waals surface area contributed by atoms with Gasteiger partial charge in [0.2, 0.25) is 0 Å². The molecule has 4 rings (SSSR count). The molecule has 4 nitrogen and oxygen atoms in total. The third kappa shape index (κ3) is 6.06. The smallest absolute Gasteiger partial charge is 0.0716 e. The zero-order valence-electron chi connectivity index (χ0n) is 16.9. The summed E-state index contributed by atoms with van der Waals surface area (Å²) in [6, 6.07) is 10.6. The molecular formula is C23H30ClN3O. The van der Waals surface area contributed by atoms with Crippen molar-refractivity contribution in [1.82, 2.24) is 9.88 Å². The Kier molecular flexibility index (Phi) is 7.90. The van der Waals surface area contributed by atoms with Crippen LogP contribution in [0.4, 0.5) is 5.69 Å². The molecule has 1 aliphatic carbocycles. The predicted molar refractivity (Wildman–Crippen MR) is 117 cm³/mol. The van der Waals surface area contributed by atoms with E-state index in [1.807, 2.05) is 20.2 Å². The number of benzene rings is 1. The van der Waals surface area contributed by atoms with Crippen molar-refractivity contribution in [2.24, 2.45) is 0 Å². The van der Waals surface area contributed by atoms with Crippen LogP contribution >= 0.6 is 11.6 Å². The average Bonchev–Trinajstić information content (AvgIpc) is 3.54. The lowest BCUT2D eigenvalue weighted by molar-refractivity contribution is 0.177. The Morgan fingerprint density at radius 1 is 1.21 bits per heavy atom. The van der Waals surface area contributed by atoms with Gasteiger partial charge in [0, 0.05) is 33.3 Å². The fourth-order valence-electron chi connectivity index (χ4n) is 3.24. The number of aromatic nitrogens is 1. The first-order valence-electron chi connectivity index (χ1n) is 10.1. The van der Waals surface area contributed by atoms with Crippen molar-refractivity contribution in [2.45, 2.75) is 39.3 Å². The average molecular weight is 400 g/mol. The number of hydrogen-bond donors (Lipinski definition) is 1. The number of nitrogens with one attached hydrogen (secondary N) is 1. The van der Waals surface area contributed by atoms with Gasteiger partial charge in [-0.05, 0) is 37.3 Å². The van der Waals surface area contributed by atoms with E-state index >= 15 is 0 Å². The highest BCUT2D eigenvalue weighted by atomic mass is 35.5. The van der Waals surface area contributed by atoms with Crippen LogP contribution in [-0.2, 0) is 24.2 Å². The van der Waals surface area contributed by atoms with Crippen LogP contribution < -0.4 is 5.32 Å². The van der Waals surface area contributed by atoms with E-state index in [9.17, 15) is 0 Å². The van der Waals surface area contributed by atoms with Gasteiger partial charge in [0.25, 0.3) is 0 Å². The summed E-state index contributed by atoms with van der Waals surface area (Å²) in [4.78, 5) is 6.97. The van der Waals surface area contributed by atoms with E-state index in [4.69, 9.17) is 16.3 Å². The maximum absolute atomic E-state index is 6.41. The van der Waals surface area contributed by atoms with Gasteiger partial charge in [-0.15, -0.1) is 0 Å². The lowest BCUT2D eigenvalue weighted by atomic mass is 10.0. The Morgan fingerprint density at radius 2 is 2.00 bits per heavy atom. The molecule has 1 saturated carbocycles. The molecule has 1 aromatic heterocycles. The third-order valence-corrected chi connectivity index (χ3v) is 5.43.